The number of unbranched alkanes of at least 4 members (excludes halogenated alkanes) is 1. The molecule has 0 amide bonds. The van der Waals surface area contributed by atoms with E-state index in [0.717, 1.165) is 44.9 Å². The van der Waals surface area contributed by atoms with Crippen molar-refractivity contribution in [3.8, 4) is 0 Å². The minimum atomic E-state index is -0.649. The standard InChI is InChI=1S/C10H17N3O2/c11-13-12-8-4-3-7-10(9(14)15)5-1-2-6-10/h1-8H2,(H,14,15). The maximum Gasteiger partial charge on any atom is 0.309 e. The maximum absolute atomic E-state index is 11.2. The van der Waals surface area contributed by atoms with Gasteiger partial charge in [-0.1, -0.05) is 24.4 Å². The van der Waals surface area contributed by atoms with Crippen molar-refractivity contribution in [2.45, 2.75) is 44.9 Å². The Morgan fingerprint density at radius 3 is 2.60 bits per heavy atom. The van der Waals surface area contributed by atoms with Crippen molar-refractivity contribution < 1.29 is 9.90 Å². The molecule has 5 nitrogen and oxygen atoms in total. The monoisotopic (exact) mass is 211 g/mol. The zero-order valence-corrected chi connectivity index (χ0v) is 8.85. The van der Waals surface area contributed by atoms with E-state index in [9.17, 15) is 9.90 Å². The third-order valence-corrected chi connectivity index (χ3v) is 3.24. The first-order valence-electron chi connectivity index (χ1n) is 5.45. The minimum Gasteiger partial charge on any atom is -0.481 e. The summed E-state index contributed by atoms with van der Waals surface area (Å²) in [5.74, 6) is -0.649. The highest BCUT2D eigenvalue weighted by Crippen LogP contribution is 2.42. The molecule has 0 heterocycles. The topological polar surface area (TPSA) is 86.1 Å². The average Bonchev–Trinajstić information content (AvgIpc) is 2.67. The Bertz CT molecular complexity index is 266. The molecule has 0 aliphatic heterocycles. The van der Waals surface area contributed by atoms with E-state index in [1.165, 1.54) is 0 Å². The number of hydrogen-bond acceptors (Lipinski definition) is 2. The first kappa shape index (κ1) is 11.9. The van der Waals surface area contributed by atoms with Gasteiger partial charge in [-0.25, -0.2) is 0 Å². The molecule has 1 aliphatic rings. The van der Waals surface area contributed by atoms with Gasteiger partial charge in [0.25, 0.3) is 0 Å². The number of hydrogen-bond donors (Lipinski definition) is 1. The van der Waals surface area contributed by atoms with Crippen molar-refractivity contribution in [1.29, 1.82) is 0 Å². The average molecular weight is 211 g/mol. The molecule has 0 aromatic carbocycles. The Morgan fingerprint density at radius 1 is 1.40 bits per heavy atom. The number of carbonyl (C=O) groups is 1. The van der Waals surface area contributed by atoms with Crippen molar-refractivity contribution in [1.82, 2.24) is 0 Å². The molecule has 0 aromatic heterocycles. The lowest BCUT2D eigenvalue weighted by Crippen LogP contribution is -2.27. The van der Waals surface area contributed by atoms with E-state index in [2.05, 4.69) is 10.0 Å². The fourth-order valence-corrected chi connectivity index (χ4v) is 2.31. The molecule has 0 bridgehead atoms. The number of nitrogens with zero attached hydrogens (tertiary/aromatic N) is 3. The summed E-state index contributed by atoms with van der Waals surface area (Å²) in [6.07, 6.45) is 6.03. The third kappa shape index (κ3) is 3.13. The Balaban J connectivity index is 2.33. The van der Waals surface area contributed by atoms with Gasteiger partial charge in [0.05, 0.1) is 5.41 Å². The van der Waals surface area contributed by atoms with E-state index < -0.39 is 11.4 Å². The molecule has 0 unspecified atom stereocenters. The smallest absolute Gasteiger partial charge is 0.309 e. The number of aliphatic carboxylic acids is 1. The van der Waals surface area contributed by atoms with E-state index in [-0.39, 0.29) is 0 Å². The third-order valence-electron chi connectivity index (χ3n) is 3.24. The van der Waals surface area contributed by atoms with Gasteiger partial charge in [0.2, 0.25) is 0 Å². The maximum atomic E-state index is 11.2. The van der Waals surface area contributed by atoms with Crippen LogP contribution in [-0.4, -0.2) is 17.6 Å². The largest absolute Gasteiger partial charge is 0.481 e. The van der Waals surface area contributed by atoms with Crippen LogP contribution in [0.5, 0.6) is 0 Å². The molecule has 0 atom stereocenters. The summed E-state index contributed by atoms with van der Waals surface area (Å²) >= 11 is 0. The summed E-state index contributed by atoms with van der Waals surface area (Å²) in [5, 5.41) is 12.6. The van der Waals surface area contributed by atoms with Crippen molar-refractivity contribution in [2.75, 3.05) is 6.54 Å². The molecule has 5 heteroatoms. The van der Waals surface area contributed by atoms with Gasteiger partial charge < -0.3 is 5.11 Å². The zero-order chi connectivity index (χ0) is 11.1. The van der Waals surface area contributed by atoms with Gasteiger partial charge in [-0.3, -0.25) is 4.79 Å². The molecule has 0 saturated heterocycles. The first-order valence-corrected chi connectivity index (χ1v) is 5.45. The number of carboxylic acids is 1. The van der Waals surface area contributed by atoms with Gasteiger partial charge in [-0.05, 0) is 31.2 Å². The van der Waals surface area contributed by atoms with Crippen LogP contribution in [0.2, 0.25) is 0 Å². The summed E-state index contributed by atoms with van der Waals surface area (Å²) in [4.78, 5) is 13.8. The summed E-state index contributed by atoms with van der Waals surface area (Å²) in [6.45, 7) is 0.478. The van der Waals surface area contributed by atoms with E-state index in [4.69, 9.17) is 5.53 Å². The fourth-order valence-electron chi connectivity index (χ4n) is 2.31. The van der Waals surface area contributed by atoms with Crippen LogP contribution in [0.3, 0.4) is 0 Å². The second kappa shape index (κ2) is 5.61. The highest BCUT2D eigenvalue weighted by atomic mass is 16.4. The Labute approximate surface area is 89.1 Å². The SMILES string of the molecule is [N-]=[N+]=NCCCCC1(C(=O)O)CCCC1. The second-order valence-corrected chi connectivity index (χ2v) is 4.20. The summed E-state index contributed by atoms with van der Waals surface area (Å²) < 4.78 is 0. The molecular weight excluding hydrogens is 194 g/mol. The normalized spacial score (nSPS) is 18.4. The van der Waals surface area contributed by atoms with E-state index in [1.807, 2.05) is 0 Å². The Morgan fingerprint density at radius 2 is 2.07 bits per heavy atom. The van der Waals surface area contributed by atoms with Crippen LogP contribution in [-0.2, 0) is 4.79 Å². The predicted octanol–water partition coefficient (Wildman–Crippen LogP) is 3.11. The van der Waals surface area contributed by atoms with Crippen molar-refractivity contribution in [3.05, 3.63) is 10.4 Å². The van der Waals surface area contributed by atoms with E-state index in [1.54, 1.807) is 0 Å². The molecule has 1 fully saturated rings. The molecule has 84 valence electrons. The molecule has 0 spiro atoms. The van der Waals surface area contributed by atoms with Crippen LogP contribution in [0.25, 0.3) is 10.4 Å². The lowest BCUT2D eigenvalue weighted by Gasteiger charge is -2.23. The minimum absolute atomic E-state index is 0.476. The molecule has 1 N–H and O–H groups in total. The van der Waals surface area contributed by atoms with Gasteiger partial charge in [0.1, 0.15) is 0 Å². The predicted molar refractivity (Wildman–Crippen MR) is 56.4 cm³/mol. The lowest BCUT2D eigenvalue weighted by atomic mass is 9.81. The quantitative estimate of drug-likeness (QED) is 0.316. The molecule has 1 rings (SSSR count). The molecule has 0 radical (unpaired) electrons. The number of azide groups is 1. The van der Waals surface area contributed by atoms with Crippen LogP contribution in [0, 0.1) is 5.41 Å². The molecule has 15 heavy (non-hydrogen) atoms. The summed E-state index contributed by atoms with van der Waals surface area (Å²) in [7, 11) is 0. The van der Waals surface area contributed by atoms with Crippen LogP contribution in [0.4, 0.5) is 0 Å². The lowest BCUT2D eigenvalue weighted by molar-refractivity contribution is -0.149. The Kier molecular flexibility index (Phi) is 4.43. The van der Waals surface area contributed by atoms with Crippen molar-refractivity contribution in [3.63, 3.8) is 0 Å². The number of rotatable bonds is 6. The van der Waals surface area contributed by atoms with Gasteiger partial charge in [0.15, 0.2) is 0 Å². The van der Waals surface area contributed by atoms with Crippen LogP contribution in [0.15, 0.2) is 5.11 Å². The van der Waals surface area contributed by atoms with Crippen LogP contribution < -0.4 is 0 Å². The Hall–Kier alpha value is -1.22. The van der Waals surface area contributed by atoms with E-state index >= 15 is 0 Å². The van der Waals surface area contributed by atoms with E-state index in [0.29, 0.717) is 6.54 Å². The molecule has 0 aromatic rings. The van der Waals surface area contributed by atoms with Crippen molar-refractivity contribution >= 4 is 5.97 Å². The highest BCUT2D eigenvalue weighted by molar-refractivity contribution is 5.74. The van der Waals surface area contributed by atoms with Gasteiger partial charge in [0, 0.05) is 11.5 Å². The molecule has 1 saturated carbocycles. The fraction of sp³-hybridized carbons (Fsp3) is 0.900. The van der Waals surface area contributed by atoms with Gasteiger partial charge in [-0.2, -0.15) is 0 Å². The van der Waals surface area contributed by atoms with Gasteiger partial charge >= 0.3 is 5.97 Å². The summed E-state index contributed by atoms with van der Waals surface area (Å²) in [6, 6.07) is 0. The zero-order valence-electron chi connectivity index (χ0n) is 8.85. The first-order chi connectivity index (χ1) is 7.21. The molecule has 1 aliphatic carbocycles. The number of carboxylic acid groups (broad SMARTS) is 1. The molecular formula is C10H17N3O2. The van der Waals surface area contributed by atoms with Crippen molar-refractivity contribution in [2.24, 2.45) is 10.5 Å². The van der Waals surface area contributed by atoms with Gasteiger partial charge in [-0.15, -0.1) is 0 Å². The van der Waals surface area contributed by atoms with Crippen LogP contribution in [0.1, 0.15) is 44.9 Å². The van der Waals surface area contributed by atoms with Crippen LogP contribution >= 0.6 is 0 Å². The second-order valence-electron chi connectivity index (χ2n) is 4.20. The highest BCUT2D eigenvalue weighted by Gasteiger charge is 2.40. The summed E-state index contributed by atoms with van der Waals surface area (Å²) in [5.41, 5.74) is 7.60.